The van der Waals surface area contributed by atoms with Gasteiger partial charge in [-0.25, -0.2) is 4.68 Å². The van der Waals surface area contributed by atoms with Crippen molar-refractivity contribution in [2.75, 3.05) is 12.4 Å². The lowest BCUT2D eigenvalue weighted by Gasteiger charge is -2.17. The third-order valence-corrected chi connectivity index (χ3v) is 3.66. The van der Waals surface area contributed by atoms with Crippen LogP contribution in [0.1, 0.15) is 38.4 Å². The van der Waals surface area contributed by atoms with Gasteiger partial charge in [0.1, 0.15) is 17.3 Å². The molecule has 3 N–H and O–H groups in total. The molecule has 1 aromatic heterocycles. The molecule has 1 aromatic carbocycles. The van der Waals surface area contributed by atoms with Gasteiger partial charge in [0.05, 0.1) is 19.3 Å². The fourth-order valence-corrected chi connectivity index (χ4v) is 2.34. The number of aromatic hydroxyl groups is 1. The van der Waals surface area contributed by atoms with E-state index in [1.54, 1.807) is 36.0 Å². The molecule has 0 radical (unpaired) electrons. The molecule has 25 heavy (non-hydrogen) atoms. The van der Waals surface area contributed by atoms with Crippen LogP contribution in [-0.2, 0) is 9.59 Å². The molecule has 0 saturated heterocycles. The largest absolute Gasteiger partial charge is 0.508 e. The Hall–Kier alpha value is -3.03. The Kier molecular flexibility index (Phi) is 5.63. The van der Waals surface area contributed by atoms with E-state index >= 15 is 0 Å². The van der Waals surface area contributed by atoms with Gasteiger partial charge in [0, 0.05) is 17.7 Å². The second-order valence-corrected chi connectivity index (χ2v) is 5.83. The van der Waals surface area contributed by atoms with Crippen molar-refractivity contribution in [1.29, 1.82) is 0 Å². The average Bonchev–Trinajstić information content (AvgIpc) is 3.03. The highest BCUT2D eigenvalue weighted by Crippen LogP contribution is 2.28. The average molecular weight is 346 g/mol. The van der Waals surface area contributed by atoms with E-state index in [9.17, 15) is 14.7 Å². The van der Waals surface area contributed by atoms with Gasteiger partial charge in [-0.3, -0.25) is 9.59 Å². The maximum absolute atomic E-state index is 12.1. The van der Waals surface area contributed by atoms with Crippen molar-refractivity contribution in [2.45, 2.75) is 32.9 Å². The fraction of sp³-hybridized carbons (Fsp3) is 0.353. The molecule has 0 saturated carbocycles. The third-order valence-electron chi connectivity index (χ3n) is 3.66. The van der Waals surface area contributed by atoms with Crippen molar-refractivity contribution < 1.29 is 19.4 Å². The molecule has 0 aliphatic heterocycles. The Morgan fingerprint density at radius 1 is 1.20 bits per heavy atom. The number of anilines is 1. The summed E-state index contributed by atoms with van der Waals surface area (Å²) in [5, 5.41) is 19.1. The first-order chi connectivity index (χ1) is 11.8. The van der Waals surface area contributed by atoms with Crippen LogP contribution in [0.25, 0.3) is 0 Å². The molecular weight excluding hydrogens is 324 g/mol. The van der Waals surface area contributed by atoms with Crippen molar-refractivity contribution in [3.63, 3.8) is 0 Å². The molecule has 1 heterocycles. The Labute approximate surface area is 145 Å². The summed E-state index contributed by atoms with van der Waals surface area (Å²) in [6, 6.07) is 5.75. The molecule has 0 unspecified atom stereocenters. The minimum absolute atomic E-state index is 0.00638. The Bertz CT molecular complexity index is 770. The van der Waals surface area contributed by atoms with E-state index in [2.05, 4.69) is 15.7 Å². The van der Waals surface area contributed by atoms with Gasteiger partial charge in [-0.2, -0.15) is 5.10 Å². The highest BCUT2D eigenvalue weighted by molar-refractivity contribution is 6.39. The van der Waals surface area contributed by atoms with E-state index in [1.165, 1.54) is 13.2 Å². The predicted octanol–water partition coefficient (Wildman–Crippen LogP) is 1.99. The lowest BCUT2D eigenvalue weighted by molar-refractivity contribution is -0.136. The van der Waals surface area contributed by atoms with Crippen LogP contribution in [-0.4, -0.2) is 33.8 Å². The number of hydrogen-bond acceptors (Lipinski definition) is 5. The fourth-order valence-electron chi connectivity index (χ4n) is 2.34. The highest BCUT2D eigenvalue weighted by Gasteiger charge is 2.21. The van der Waals surface area contributed by atoms with Crippen molar-refractivity contribution in [3.05, 3.63) is 36.0 Å². The standard InChI is InChI=1S/C17H22N4O4/c1-10(2)21-15(7-8-18-21)20-17(24)16(23)19-11(3)13-9-12(25-4)5-6-14(13)22/h5-11,22H,1-4H3,(H,19,23)(H,20,24)/t11-/m0/s1. The van der Waals surface area contributed by atoms with Gasteiger partial charge in [-0.1, -0.05) is 0 Å². The Morgan fingerprint density at radius 2 is 1.92 bits per heavy atom. The maximum Gasteiger partial charge on any atom is 0.314 e. The number of hydrogen-bond donors (Lipinski definition) is 3. The monoisotopic (exact) mass is 346 g/mol. The number of nitrogens with zero attached hydrogens (tertiary/aromatic N) is 2. The van der Waals surface area contributed by atoms with Gasteiger partial charge in [0.15, 0.2) is 0 Å². The number of benzene rings is 1. The lowest BCUT2D eigenvalue weighted by Crippen LogP contribution is -2.37. The topological polar surface area (TPSA) is 105 Å². The quantitative estimate of drug-likeness (QED) is 0.718. The summed E-state index contributed by atoms with van der Waals surface area (Å²) in [5.41, 5.74) is 0.452. The van der Waals surface area contributed by atoms with E-state index in [1.807, 2.05) is 13.8 Å². The smallest absolute Gasteiger partial charge is 0.314 e. The Balaban J connectivity index is 2.06. The van der Waals surface area contributed by atoms with Gasteiger partial charge in [0.25, 0.3) is 0 Å². The number of methoxy groups -OCH3 is 1. The normalized spacial score (nSPS) is 11.9. The van der Waals surface area contributed by atoms with Crippen molar-refractivity contribution in [3.8, 4) is 11.5 Å². The number of carbonyl (C=O) groups excluding carboxylic acids is 2. The highest BCUT2D eigenvalue weighted by atomic mass is 16.5. The summed E-state index contributed by atoms with van der Waals surface area (Å²) in [6.45, 7) is 5.49. The molecule has 8 nitrogen and oxygen atoms in total. The number of phenolic OH excluding ortho intramolecular Hbond substituents is 1. The summed E-state index contributed by atoms with van der Waals surface area (Å²) < 4.78 is 6.71. The first-order valence-corrected chi connectivity index (χ1v) is 7.85. The minimum Gasteiger partial charge on any atom is -0.508 e. The molecular formula is C17H22N4O4. The summed E-state index contributed by atoms with van der Waals surface area (Å²) in [5.74, 6) is -0.638. The zero-order valence-electron chi connectivity index (χ0n) is 14.6. The van der Waals surface area contributed by atoms with Gasteiger partial charge in [-0.15, -0.1) is 0 Å². The molecule has 0 spiro atoms. The number of ether oxygens (including phenoxy) is 1. The van der Waals surface area contributed by atoms with Crippen molar-refractivity contribution >= 4 is 17.6 Å². The molecule has 0 bridgehead atoms. The van der Waals surface area contributed by atoms with Crippen LogP contribution in [0.2, 0.25) is 0 Å². The number of carbonyl (C=O) groups is 2. The lowest BCUT2D eigenvalue weighted by atomic mass is 10.1. The second kappa shape index (κ2) is 7.69. The van der Waals surface area contributed by atoms with Gasteiger partial charge in [-0.05, 0) is 39.0 Å². The number of aromatic nitrogens is 2. The zero-order valence-corrected chi connectivity index (χ0v) is 14.6. The summed E-state index contributed by atoms with van der Waals surface area (Å²) >= 11 is 0. The molecule has 0 fully saturated rings. The van der Waals surface area contributed by atoms with E-state index in [4.69, 9.17) is 4.74 Å². The van der Waals surface area contributed by atoms with Crippen LogP contribution in [0.3, 0.4) is 0 Å². The second-order valence-electron chi connectivity index (χ2n) is 5.83. The molecule has 2 aromatic rings. The van der Waals surface area contributed by atoms with E-state index < -0.39 is 17.9 Å². The predicted molar refractivity (Wildman–Crippen MR) is 92.5 cm³/mol. The van der Waals surface area contributed by atoms with E-state index in [-0.39, 0.29) is 11.8 Å². The minimum atomic E-state index is -0.814. The van der Waals surface area contributed by atoms with Crippen LogP contribution >= 0.6 is 0 Å². The summed E-state index contributed by atoms with van der Waals surface area (Å²) in [4.78, 5) is 24.2. The van der Waals surface area contributed by atoms with Crippen LogP contribution in [0, 0.1) is 0 Å². The number of nitrogens with one attached hydrogen (secondary N) is 2. The van der Waals surface area contributed by atoms with Crippen LogP contribution in [0.4, 0.5) is 5.82 Å². The maximum atomic E-state index is 12.1. The summed E-state index contributed by atoms with van der Waals surface area (Å²) in [6.07, 6.45) is 1.55. The number of rotatable bonds is 5. The van der Waals surface area contributed by atoms with Gasteiger partial charge >= 0.3 is 11.8 Å². The molecule has 0 aliphatic rings. The van der Waals surface area contributed by atoms with Crippen molar-refractivity contribution in [2.24, 2.45) is 0 Å². The number of phenols is 1. The first-order valence-electron chi connectivity index (χ1n) is 7.85. The SMILES string of the molecule is COc1ccc(O)c([C@H](C)NC(=O)C(=O)Nc2ccnn2C(C)C)c1. The first kappa shape index (κ1) is 18.3. The third kappa shape index (κ3) is 4.28. The van der Waals surface area contributed by atoms with E-state index in [0.29, 0.717) is 17.1 Å². The molecule has 2 amide bonds. The van der Waals surface area contributed by atoms with Crippen molar-refractivity contribution in [1.82, 2.24) is 15.1 Å². The molecule has 0 aliphatic carbocycles. The van der Waals surface area contributed by atoms with Crippen LogP contribution < -0.4 is 15.4 Å². The summed E-state index contributed by atoms with van der Waals surface area (Å²) in [7, 11) is 1.50. The van der Waals surface area contributed by atoms with E-state index in [0.717, 1.165) is 0 Å². The number of amides is 2. The molecule has 8 heteroatoms. The molecule has 2 rings (SSSR count). The zero-order chi connectivity index (χ0) is 18.6. The van der Waals surface area contributed by atoms with Crippen LogP contribution in [0.5, 0.6) is 11.5 Å². The van der Waals surface area contributed by atoms with Gasteiger partial charge in [0.2, 0.25) is 0 Å². The van der Waals surface area contributed by atoms with Crippen LogP contribution in [0.15, 0.2) is 30.5 Å². The van der Waals surface area contributed by atoms with Gasteiger partial charge < -0.3 is 20.5 Å². The molecule has 1 atom stereocenters. The Morgan fingerprint density at radius 3 is 2.56 bits per heavy atom. The molecule has 134 valence electrons.